The number of pyridine rings is 1. The summed E-state index contributed by atoms with van der Waals surface area (Å²) < 4.78 is 5.35. The minimum atomic E-state index is -0.0248. The van der Waals surface area contributed by atoms with Crippen LogP contribution in [0.3, 0.4) is 0 Å². The summed E-state index contributed by atoms with van der Waals surface area (Å²) in [6.07, 6.45) is 0. The molecular weight excluding hydrogens is 242 g/mol. The van der Waals surface area contributed by atoms with Gasteiger partial charge in [-0.1, -0.05) is 6.07 Å². The van der Waals surface area contributed by atoms with E-state index >= 15 is 0 Å². The maximum Gasteiger partial charge on any atom is 0.272 e. The standard InChI is InChI=1S/C14H21N3O2/c1-10(2)15-13-6-4-5-12(16-13)14(18)17-7-8-19-9-11(17)3/h4-6,10-11H,7-9H2,1-3H3,(H,15,16). The number of nitrogens with one attached hydrogen (secondary N) is 1. The van der Waals surface area contributed by atoms with Crippen molar-refractivity contribution in [3.05, 3.63) is 23.9 Å². The van der Waals surface area contributed by atoms with Crippen molar-refractivity contribution in [2.75, 3.05) is 25.1 Å². The molecule has 0 aliphatic carbocycles. The molecule has 0 bridgehead atoms. The van der Waals surface area contributed by atoms with E-state index in [4.69, 9.17) is 4.74 Å². The lowest BCUT2D eigenvalue weighted by atomic mass is 10.2. The van der Waals surface area contributed by atoms with Gasteiger partial charge in [-0.15, -0.1) is 0 Å². The van der Waals surface area contributed by atoms with Gasteiger partial charge in [-0.05, 0) is 32.9 Å². The first-order valence-electron chi connectivity index (χ1n) is 6.70. The summed E-state index contributed by atoms with van der Waals surface area (Å²) in [5, 5.41) is 3.21. The van der Waals surface area contributed by atoms with Gasteiger partial charge in [0.2, 0.25) is 0 Å². The van der Waals surface area contributed by atoms with Crippen molar-refractivity contribution in [3.63, 3.8) is 0 Å². The normalized spacial score (nSPS) is 19.6. The second kappa shape index (κ2) is 6.02. The number of carbonyl (C=O) groups excluding carboxylic acids is 1. The van der Waals surface area contributed by atoms with Gasteiger partial charge in [0.05, 0.1) is 19.3 Å². The van der Waals surface area contributed by atoms with Crippen LogP contribution in [0.15, 0.2) is 18.2 Å². The molecule has 2 rings (SSSR count). The summed E-state index contributed by atoms with van der Waals surface area (Å²) in [6, 6.07) is 5.89. The predicted octanol–water partition coefficient (Wildman–Crippen LogP) is 1.76. The van der Waals surface area contributed by atoms with Gasteiger partial charge in [0.1, 0.15) is 11.5 Å². The summed E-state index contributed by atoms with van der Waals surface area (Å²) >= 11 is 0. The SMILES string of the molecule is CC(C)Nc1cccc(C(=O)N2CCOCC2C)n1. The fraction of sp³-hybridized carbons (Fsp3) is 0.571. The van der Waals surface area contributed by atoms with Crippen molar-refractivity contribution < 1.29 is 9.53 Å². The van der Waals surface area contributed by atoms with Crippen LogP contribution in [0.2, 0.25) is 0 Å². The summed E-state index contributed by atoms with van der Waals surface area (Å²) in [5.74, 6) is 0.713. The summed E-state index contributed by atoms with van der Waals surface area (Å²) in [4.78, 5) is 18.6. The zero-order valence-corrected chi connectivity index (χ0v) is 11.7. The maximum absolute atomic E-state index is 12.4. The molecule has 1 aliphatic rings. The predicted molar refractivity (Wildman–Crippen MR) is 74.3 cm³/mol. The van der Waals surface area contributed by atoms with Crippen LogP contribution >= 0.6 is 0 Å². The fourth-order valence-corrected chi connectivity index (χ4v) is 2.11. The van der Waals surface area contributed by atoms with E-state index in [1.807, 2.05) is 37.8 Å². The minimum absolute atomic E-state index is 0.0248. The van der Waals surface area contributed by atoms with Crippen molar-refractivity contribution in [2.24, 2.45) is 0 Å². The Labute approximate surface area is 114 Å². The molecule has 1 saturated heterocycles. The Balaban J connectivity index is 2.14. The molecule has 0 aromatic carbocycles. The first-order valence-corrected chi connectivity index (χ1v) is 6.70. The first kappa shape index (κ1) is 13.8. The van der Waals surface area contributed by atoms with Gasteiger partial charge in [0, 0.05) is 12.6 Å². The van der Waals surface area contributed by atoms with Crippen LogP contribution in [0.5, 0.6) is 0 Å². The number of ether oxygens (including phenoxy) is 1. The van der Waals surface area contributed by atoms with Crippen LogP contribution in [0.4, 0.5) is 5.82 Å². The number of hydrogen-bond donors (Lipinski definition) is 1. The summed E-state index contributed by atoms with van der Waals surface area (Å²) in [7, 11) is 0. The van der Waals surface area contributed by atoms with Crippen LogP contribution in [0, 0.1) is 0 Å². The quantitative estimate of drug-likeness (QED) is 0.903. The molecule has 1 aliphatic heterocycles. The van der Waals surface area contributed by atoms with Crippen molar-refractivity contribution in [3.8, 4) is 0 Å². The number of hydrogen-bond acceptors (Lipinski definition) is 4. The number of aromatic nitrogens is 1. The van der Waals surface area contributed by atoms with Crippen LogP contribution in [0.1, 0.15) is 31.3 Å². The van der Waals surface area contributed by atoms with Crippen LogP contribution < -0.4 is 5.32 Å². The molecule has 1 amide bonds. The lowest BCUT2D eigenvalue weighted by molar-refractivity contribution is 0.00328. The minimum Gasteiger partial charge on any atom is -0.377 e. The Morgan fingerprint density at radius 3 is 3.00 bits per heavy atom. The Bertz CT molecular complexity index is 448. The van der Waals surface area contributed by atoms with Crippen LogP contribution in [-0.2, 0) is 4.74 Å². The molecule has 1 N–H and O–H groups in total. The molecule has 0 spiro atoms. The molecule has 1 aromatic rings. The zero-order valence-electron chi connectivity index (χ0n) is 11.7. The fourth-order valence-electron chi connectivity index (χ4n) is 2.11. The molecule has 1 unspecified atom stereocenters. The Hall–Kier alpha value is -1.62. The molecule has 5 heteroatoms. The van der Waals surface area contributed by atoms with Crippen LogP contribution in [-0.4, -0.2) is 47.6 Å². The molecule has 2 heterocycles. The van der Waals surface area contributed by atoms with Gasteiger partial charge in [-0.3, -0.25) is 4.79 Å². The van der Waals surface area contributed by atoms with Crippen molar-refractivity contribution >= 4 is 11.7 Å². The number of anilines is 1. The topological polar surface area (TPSA) is 54.5 Å². The van der Waals surface area contributed by atoms with E-state index in [1.54, 1.807) is 6.07 Å². The van der Waals surface area contributed by atoms with Gasteiger partial charge in [0.15, 0.2) is 0 Å². The third kappa shape index (κ3) is 3.44. The Kier molecular flexibility index (Phi) is 4.37. The van der Waals surface area contributed by atoms with E-state index in [2.05, 4.69) is 10.3 Å². The smallest absolute Gasteiger partial charge is 0.272 e. The largest absolute Gasteiger partial charge is 0.377 e. The van der Waals surface area contributed by atoms with Crippen molar-refractivity contribution in [1.29, 1.82) is 0 Å². The molecule has 104 valence electrons. The highest BCUT2D eigenvalue weighted by Gasteiger charge is 2.25. The number of carbonyl (C=O) groups is 1. The first-order chi connectivity index (χ1) is 9.08. The van der Waals surface area contributed by atoms with Gasteiger partial charge in [0.25, 0.3) is 5.91 Å². The zero-order chi connectivity index (χ0) is 13.8. The molecule has 1 fully saturated rings. The van der Waals surface area contributed by atoms with E-state index in [1.165, 1.54) is 0 Å². The number of morpholine rings is 1. The highest BCUT2D eigenvalue weighted by Crippen LogP contribution is 2.13. The van der Waals surface area contributed by atoms with Crippen molar-refractivity contribution in [2.45, 2.75) is 32.9 Å². The second-order valence-corrected chi connectivity index (χ2v) is 5.13. The lowest BCUT2D eigenvalue weighted by Crippen LogP contribution is -2.47. The van der Waals surface area contributed by atoms with Gasteiger partial charge in [-0.2, -0.15) is 0 Å². The number of rotatable bonds is 3. The molecule has 1 atom stereocenters. The van der Waals surface area contributed by atoms with Gasteiger partial charge < -0.3 is 15.0 Å². The van der Waals surface area contributed by atoms with E-state index < -0.39 is 0 Å². The Morgan fingerprint density at radius 2 is 2.32 bits per heavy atom. The van der Waals surface area contributed by atoms with E-state index in [9.17, 15) is 4.79 Å². The molecule has 19 heavy (non-hydrogen) atoms. The number of amides is 1. The van der Waals surface area contributed by atoms with Crippen molar-refractivity contribution in [1.82, 2.24) is 9.88 Å². The second-order valence-electron chi connectivity index (χ2n) is 5.13. The molecular formula is C14H21N3O2. The van der Waals surface area contributed by atoms with Gasteiger partial charge in [-0.25, -0.2) is 4.98 Å². The van der Waals surface area contributed by atoms with E-state index in [-0.39, 0.29) is 11.9 Å². The molecule has 0 radical (unpaired) electrons. The monoisotopic (exact) mass is 263 g/mol. The van der Waals surface area contributed by atoms with E-state index in [0.29, 0.717) is 31.5 Å². The lowest BCUT2D eigenvalue weighted by Gasteiger charge is -2.33. The third-order valence-electron chi connectivity index (χ3n) is 3.03. The summed E-state index contributed by atoms with van der Waals surface area (Å²) in [6.45, 7) is 7.90. The van der Waals surface area contributed by atoms with Crippen LogP contribution in [0.25, 0.3) is 0 Å². The molecule has 5 nitrogen and oxygen atoms in total. The highest BCUT2D eigenvalue weighted by molar-refractivity contribution is 5.93. The summed E-state index contributed by atoms with van der Waals surface area (Å²) in [5.41, 5.74) is 0.486. The molecule has 1 aromatic heterocycles. The van der Waals surface area contributed by atoms with Gasteiger partial charge >= 0.3 is 0 Å². The Morgan fingerprint density at radius 1 is 1.53 bits per heavy atom. The van der Waals surface area contributed by atoms with E-state index in [0.717, 1.165) is 5.82 Å². The highest BCUT2D eigenvalue weighted by atomic mass is 16.5. The number of nitrogens with zero attached hydrogens (tertiary/aromatic N) is 2. The maximum atomic E-state index is 12.4. The molecule has 0 saturated carbocycles. The average molecular weight is 263 g/mol. The third-order valence-corrected chi connectivity index (χ3v) is 3.03. The average Bonchev–Trinajstić information content (AvgIpc) is 2.38.